The lowest BCUT2D eigenvalue weighted by Gasteiger charge is -2.18. The molecule has 1 aliphatic carbocycles. The first kappa shape index (κ1) is 12.6. The molecule has 1 fully saturated rings. The molecule has 2 aromatic rings. The fourth-order valence-electron chi connectivity index (χ4n) is 2.76. The third-order valence-corrected chi connectivity index (χ3v) is 4.12. The minimum Gasteiger partial charge on any atom is -0.390 e. The van der Waals surface area contributed by atoms with E-state index in [-0.39, 0.29) is 12.0 Å². The molecule has 0 radical (unpaired) electrons. The Kier molecular flexibility index (Phi) is 3.05. The van der Waals surface area contributed by atoms with Crippen LogP contribution in [-0.2, 0) is 0 Å². The molecule has 0 bridgehead atoms. The molecule has 0 saturated heterocycles. The fraction of sp³-hybridized carbons (Fsp3) is 0.385. The maximum Gasteiger partial charge on any atom is 0.145 e. The molecule has 5 nitrogen and oxygen atoms in total. The predicted octanol–water partition coefficient (Wildman–Crippen LogP) is 1.55. The highest BCUT2D eigenvalue weighted by Crippen LogP contribution is 2.38. The molecule has 1 unspecified atom stereocenters. The van der Waals surface area contributed by atoms with Gasteiger partial charge in [-0.2, -0.15) is 0 Å². The molecule has 2 heterocycles. The molecule has 0 aliphatic heterocycles. The van der Waals surface area contributed by atoms with Gasteiger partial charge in [-0.25, -0.2) is 9.97 Å². The van der Waals surface area contributed by atoms with Crippen molar-refractivity contribution in [1.82, 2.24) is 14.5 Å². The van der Waals surface area contributed by atoms with Crippen molar-refractivity contribution < 1.29 is 10.2 Å². The van der Waals surface area contributed by atoms with Crippen LogP contribution >= 0.6 is 11.6 Å². The first-order valence-corrected chi connectivity index (χ1v) is 6.47. The van der Waals surface area contributed by atoms with Crippen molar-refractivity contribution in [3.8, 4) is 0 Å². The summed E-state index contributed by atoms with van der Waals surface area (Å²) in [5.41, 5.74) is 0.668. The number of fused-ring (bicyclic) bond motifs is 1. The summed E-state index contributed by atoms with van der Waals surface area (Å²) in [5.74, 6) is -0.116. The molecular weight excluding hydrogens is 266 g/mol. The summed E-state index contributed by atoms with van der Waals surface area (Å²) >= 11 is 6.01. The molecule has 2 aromatic heterocycles. The van der Waals surface area contributed by atoms with E-state index in [1.54, 1.807) is 6.08 Å². The molecule has 2 N–H and O–H groups in total. The smallest absolute Gasteiger partial charge is 0.145 e. The number of aromatic nitrogens is 3. The van der Waals surface area contributed by atoms with Gasteiger partial charge in [0.2, 0.25) is 0 Å². The van der Waals surface area contributed by atoms with E-state index >= 15 is 0 Å². The van der Waals surface area contributed by atoms with Gasteiger partial charge in [-0.15, -0.1) is 6.58 Å². The Morgan fingerprint density at radius 2 is 2.16 bits per heavy atom. The summed E-state index contributed by atoms with van der Waals surface area (Å²) in [7, 11) is 0. The molecule has 1 aliphatic rings. The summed E-state index contributed by atoms with van der Waals surface area (Å²) < 4.78 is 1.85. The number of aliphatic hydroxyl groups excluding tert-OH is 2. The van der Waals surface area contributed by atoms with Crippen LogP contribution in [0.3, 0.4) is 0 Å². The SMILES string of the molecule is C=C[C@H]1C[C@@H](n2ccc3c(Cl)ncnc32)C(O)[C@@H]1O. The lowest BCUT2D eigenvalue weighted by atomic mass is 10.1. The second-order valence-electron chi connectivity index (χ2n) is 4.81. The van der Waals surface area contributed by atoms with Gasteiger partial charge < -0.3 is 14.8 Å². The minimum absolute atomic E-state index is 0.116. The second kappa shape index (κ2) is 4.59. The van der Waals surface area contributed by atoms with Crippen LogP contribution < -0.4 is 0 Å². The van der Waals surface area contributed by atoms with E-state index in [0.717, 1.165) is 5.39 Å². The molecular formula is C13H14ClN3O2. The molecule has 19 heavy (non-hydrogen) atoms. The fourth-order valence-corrected chi connectivity index (χ4v) is 2.95. The Balaban J connectivity index is 2.06. The summed E-state index contributed by atoms with van der Waals surface area (Å²) in [6.07, 6.45) is 3.88. The van der Waals surface area contributed by atoms with Crippen molar-refractivity contribution in [3.05, 3.63) is 36.4 Å². The van der Waals surface area contributed by atoms with Crippen molar-refractivity contribution in [2.75, 3.05) is 0 Å². The number of rotatable bonds is 2. The third-order valence-electron chi connectivity index (χ3n) is 3.82. The Morgan fingerprint density at radius 1 is 1.37 bits per heavy atom. The first-order valence-electron chi connectivity index (χ1n) is 6.09. The Bertz CT molecular complexity index is 627. The van der Waals surface area contributed by atoms with Gasteiger partial charge in [0.25, 0.3) is 0 Å². The van der Waals surface area contributed by atoms with E-state index in [1.807, 2.05) is 16.8 Å². The summed E-state index contributed by atoms with van der Waals surface area (Å²) in [4.78, 5) is 8.13. The summed E-state index contributed by atoms with van der Waals surface area (Å²) in [6.45, 7) is 3.69. The highest BCUT2D eigenvalue weighted by molar-refractivity contribution is 6.33. The largest absolute Gasteiger partial charge is 0.390 e. The van der Waals surface area contributed by atoms with Gasteiger partial charge in [-0.05, 0) is 12.5 Å². The maximum atomic E-state index is 10.2. The van der Waals surface area contributed by atoms with Crippen LogP contribution in [0.25, 0.3) is 11.0 Å². The monoisotopic (exact) mass is 279 g/mol. The topological polar surface area (TPSA) is 71.2 Å². The molecule has 3 rings (SSSR count). The van der Waals surface area contributed by atoms with Crippen LogP contribution in [-0.4, -0.2) is 37.0 Å². The number of nitrogens with zero attached hydrogens (tertiary/aromatic N) is 3. The maximum absolute atomic E-state index is 10.2. The number of aliphatic hydroxyl groups is 2. The van der Waals surface area contributed by atoms with E-state index < -0.39 is 12.2 Å². The second-order valence-corrected chi connectivity index (χ2v) is 5.17. The van der Waals surface area contributed by atoms with Crippen molar-refractivity contribution in [2.24, 2.45) is 5.92 Å². The number of halogens is 1. The van der Waals surface area contributed by atoms with Gasteiger partial charge in [-0.1, -0.05) is 17.7 Å². The quantitative estimate of drug-likeness (QED) is 0.646. The van der Waals surface area contributed by atoms with Crippen molar-refractivity contribution in [3.63, 3.8) is 0 Å². The van der Waals surface area contributed by atoms with E-state index in [1.165, 1.54) is 6.33 Å². The Hall–Kier alpha value is -1.43. The average Bonchev–Trinajstić information content (AvgIpc) is 2.94. The normalized spacial score (nSPS) is 30.9. The van der Waals surface area contributed by atoms with Crippen LogP contribution in [0.5, 0.6) is 0 Å². The molecule has 0 amide bonds. The predicted molar refractivity (Wildman–Crippen MR) is 71.9 cm³/mol. The van der Waals surface area contributed by atoms with Crippen molar-refractivity contribution in [2.45, 2.75) is 24.7 Å². The number of hydrogen-bond donors (Lipinski definition) is 2. The zero-order chi connectivity index (χ0) is 13.6. The lowest BCUT2D eigenvalue weighted by Crippen LogP contribution is -2.28. The Labute approximate surface area is 115 Å². The first-order chi connectivity index (χ1) is 9.13. The minimum atomic E-state index is -0.840. The summed E-state index contributed by atoms with van der Waals surface area (Å²) in [6, 6.07) is 1.58. The van der Waals surface area contributed by atoms with Gasteiger partial charge in [-0.3, -0.25) is 0 Å². The van der Waals surface area contributed by atoms with Gasteiger partial charge >= 0.3 is 0 Å². The van der Waals surface area contributed by atoms with E-state index in [9.17, 15) is 10.2 Å². The van der Waals surface area contributed by atoms with Crippen LogP contribution in [0.4, 0.5) is 0 Å². The zero-order valence-electron chi connectivity index (χ0n) is 10.1. The van der Waals surface area contributed by atoms with Gasteiger partial charge in [0, 0.05) is 12.1 Å². The molecule has 4 atom stereocenters. The van der Waals surface area contributed by atoms with Crippen molar-refractivity contribution >= 4 is 22.6 Å². The average molecular weight is 280 g/mol. The highest BCUT2D eigenvalue weighted by Gasteiger charge is 2.41. The van der Waals surface area contributed by atoms with Crippen molar-refractivity contribution in [1.29, 1.82) is 0 Å². The third kappa shape index (κ3) is 1.85. The number of hydrogen-bond acceptors (Lipinski definition) is 4. The van der Waals surface area contributed by atoms with Crippen LogP contribution in [0.2, 0.25) is 5.15 Å². The highest BCUT2D eigenvalue weighted by atomic mass is 35.5. The van der Waals surface area contributed by atoms with Crippen LogP contribution in [0, 0.1) is 5.92 Å². The van der Waals surface area contributed by atoms with E-state index in [2.05, 4.69) is 16.5 Å². The molecule has 0 aromatic carbocycles. The Morgan fingerprint density at radius 3 is 2.84 bits per heavy atom. The molecule has 100 valence electrons. The molecule has 1 saturated carbocycles. The standard InChI is InChI=1S/C13H14ClN3O2/c1-2-7-5-9(11(19)10(7)18)17-4-3-8-12(14)15-6-16-13(8)17/h2-4,6-7,9-11,18-19H,1,5H2/t7-,9+,10+,11?/m0/s1. The molecule has 6 heteroatoms. The zero-order valence-corrected chi connectivity index (χ0v) is 10.9. The van der Waals surface area contributed by atoms with Gasteiger partial charge in [0.15, 0.2) is 0 Å². The van der Waals surface area contributed by atoms with Gasteiger partial charge in [0.05, 0.1) is 17.5 Å². The lowest BCUT2D eigenvalue weighted by molar-refractivity contribution is 0.0138. The van der Waals surface area contributed by atoms with Crippen LogP contribution in [0.15, 0.2) is 31.2 Å². The van der Waals surface area contributed by atoms with Gasteiger partial charge in [0.1, 0.15) is 23.2 Å². The van der Waals surface area contributed by atoms with E-state index in [0.29, 0.717) is 17.2 Å². The van der Waals surface area contributed by atoms with Crippen LogP contribution in [0.1, 0.15) is 12.5 Å². The summed E-state index contributed by atoms with van der Waals surface area (Å²) in [5, 5.41) is 21.3. The molecule has 0 spiro atoms. The van der Waals surface area contributed by atoms with E-state index in [4.69, 9.17) is 11.6 Å².